The van der Waals surface area contributed by atoms with Crippen LogP contribution in [0.4, 0.5) is 20.2 Å². The fourth-order valence-electron chi connectivity index (χ4n) is 1.43. The lowest BCUT2D eigenvalue weighted by Crippen LogP contribution is -2.13. The molecular weight excluding hydrogens is 272 g/mol. The van der Waals surface area contributed by atoms with E-state index in [1.807, 2.05) is 0 Å². The number of benzene rings is 1. The predicted octanol–water partition coefficient (Wildman–Crippen LogP) is 2.52. The van der Waals surface area contributed by atoms with Crippen LogP contribution in [0.2, 0.25) is 0 Å². The number of nitrogens with one attached hydrogen (secondary N) is 1. The van der Waals surface area contributed by atoms with Crippen LogP contribution in [0, 0.1) is 21.9 Å². The number of hydrogen-bond donors (Lipinski definition) is 1. The van der Waals surface area contributed by atoms with Gasteiger partial charge in [0, 0.05) is 18.3 Å². The Labute approximate surface area is 111 Å². The molecule has 0 bridgehead atoms. The zero-order chi connectivity index (χ0) is 14.7. The first kappa shape index (κ1) is 13.5. The van der Waals surface area contributed by atoms with Crippen molar-refractivity contribution >= 4 is 17.3 Å². The molecule has 1 N–H and O–H groups in total. The smallest absolute Gasteiger partial charge is 0.271 e. The molecule has 1 aromatic carbocycles. The molecule has 0 aliphatic carbocycles. The molecule has 0 aliphatic heterocycles. The van der Waals surface area contributed by atoms with Gasteiger partial charge in [-0.15, -0.1) is 0 Å². The lowest BCUT2D eigenvalue weighted by atomic mass is 10.2. The van der Waals surface area contributed by atoms with E-state index in [4.69, 9.17) is 0 Å². The summed E-state index contributed by atoms with van der Waals surface area (Å²) in [5.74, 6) is -2.33. The minimum atomic E-state index is -0.820. The van der Waals surface area contributed by atoms with E-state index in [9.17, 15) is 23.7 Å². The number of hydrogen-bond acceptors (Lipinski definition) is 4. The maximum absolute atomic E-state index is 13.5. The molecule has 0 radical (unpaired) electrons. The maximum atomic E-state index is 13.5. The van der Waals surface area contributed by atoms with Crippen molar-refractivity contribution in [2.24, 2.45) is 0 Å². The third-order valence-corrected chi connectivity index (χ3v) is 2.40. The van der Waals surface area contributed by atoms with Crippen molar-refractivity contribution in [3.63, 3.8) is 0 Å². The van der Waals surface area contributed by atoms with Crippen molar-refractivity contribution < 1.29 is 18.5 Å². The van der Waals surface area contributed by atoms with Gasteiger partial charge in [0.1, 0.15) is 5.82 Å². The molecule has 2 rings (SSSR count). The van der Waals surface area contributed by atoms with Crippen LogP contribution >= 0.6 is 0 Å². The summed E-state index contributed by atoms with van der Waals surface area (Å²) >= 11 is 0. The van der Waals surface area contributed by atoms with Gasteiger partial charge in [0.25, 0.3) is 11.6 Å². The molecule has 0 saturated carbocycles. The van der Waals surface area contributed by atoms with Crippen molar-refractivity contribution in [2.45, 2.75) is 0 Å². The van der Waals surface area contributed by atoms with Gasteiger partial charge in [-0.25, -0.2) is 9.37 Å². The van der Waals surface area contributed by atoms with Gasteiger partial charge in [0.2, 0.25) is 5.95 Å². The number of anilines is 1. The lowest BCUT2D eigenvalue weighted by molar-refractivity contribution is -0.384. The molecule has 102 valence electrons. The summed E-state index contributed by atoms with van der Waals surface area (Å²) in [5.41, 5.74) is -0.704. The molecule has 6 nitrogen and oxygen atoms in total. The Balaban J connectivity index is 2.25. The van der Waals surface area contributed by atoms with Gasteiger partial charge in [-0.2, -0.15) is 4.39 Å². The minimum absolute atomic E-state index is 0.00249. The van der Waals surface area contributed by atoms with E-state index in [2.05, 4.69) is 10.3 Å². The number of non-ortho nitro benzene ring substituents is 1. The fraction of sp³-hybridized carbons (Fsp3) is 0. The van der Waals surface area contributed by atoms with Crippen LogP contribution < -0.4 is 5.32 Å². The van der Waals surface area contributed by atoms with Crippen LogP contribution in [0.1, 0.15) is 10.4 Å². The van der Waals surface area contributed by atoms with Crippen LogP contribution in [0.5, 0.6) is 0 Å². The molecule has 0 atom stereocenters. The first-order valence-corrected chi connectivity index (χ1v) is 5.34. The van der Waals surface area contributed by atoms with Gasteiger partial charge in [-0.05, 0) is 18.2 Å². The van der Waals surface area contributed by atoms with Gasteiger partial charge in [0.05, 0.1) is 16.2 Å². The number of carbonyl (C=O) groups is 1. The molecule has 0 aliphatic rings. The highest BCUT2D eigenvalue weighted by Crippen LogP contribution is 2.21. The van der Waals surface area contributed by atoms with Crippen LogP contribution in [0.3, 0.4) is 0 Å². The summed E-state index contributed by atoms with van der Waals surface area (Å²) in [5, 5.41) is 12.7. The molecule has 1 aromatic heterocycles. The van der Waals surface area contributed by atoms with Gasteiger partial charge >= 0.3 is 0 Å². The SMILES string of the molecule is O=C(Nc1cc([N+](=O)[O-])ccc1F)c1ccc(F)nc1. The van der Waals surface area contributed by atoms with E-state index in [1.54, 1.807) is 0 Å². The highest BCUT2D eigenvalue weighted by molar-refractivity contribution is 6.04. The normalized spacial score (nSPS) is 10.1. The van der Waals surface area contributed by atoms with E-state index >= 15 is 0 Å². The summed E-state index contributed by atoms with van der Waals surface area (Å²) in [7, 11) is 0. The van der Waals surface area contributed by atoms with Crippen LogP contribution in [-0.2, 0) is 0 Å². The number of nitro benzene ring substituents is 1. The topological polar surface area (TPSA) is 85.1 Å². The van der Waals surface area contributed by atoms with Gasteiger partial charge in [0.15, 0.2) is 0 Å². The van der Waals surface area contributed by atoms with Gasteiger partial charge in [-0.3, -0.25) is 14.9 Å². The number of aromatic nitrogens is 1. The summed E-state index contributed by atoms with van der Waals surface area (Å²) in [6, 6.07) is 4.87. The molecule has 1 heterocycles. The molecular formula is C12H7F2N3O3. The second kappa shape index (κ2) is 5.39. The predicted molar refractivity (Wildman–Crippen MR) is 65.2 cm³/mol. The Kier molecular flexibility index (Phi) is 3.65. The number of carbonyl (C=O) groups excluding carboxylic acids is 1. The average molecular weight is 279 g/mol. The summed E-state index contributed by atoms with van der Waals surface area (Å²) in [4.78, 5) is 24.9. The van der Waals surface area contributed by atoms with E-state index in [1.165, 1.54) is 0 Å². The number of halogens is 2. The third-order valence-electron chi connectivity index (χ3n) is 2.40. The zero-order valence-electron chi connectivity index (χ0n) is 9.84. The monoisotopic (exact) mass is 279 g/mol. The number of nitrogens with zero attached hydrogens (tertiary/aromatic N) is 2. The van der Waals surface area contributed by atoms with Crippen molar-refractivity contribution in [3.05, 3.63) is 64.0 Å². The Morgan fingerprint density at radius 2 is 2.00 bits per heavy atom. The molecule has 2 aromatic rings. The third kappa shape index (κ3) is 2.91. The van der Waals surface area contributed by atoms with Gasteiger partial charge < -0.3 is 5.32 Å². The van der Waals surface area contributed by atoms with Crippen LogP contribution in [-0.4, -0.2) is 15.8 Å². The fourth-order valence-corrected chi connectivity index (χ4v) is 1.43. The van der Waals surface area contributed by atoms with Gasteiger partial charge in [-0.1, -0.05) is 0 Å². The van der Waals surface area contributed by atoms with E-state index < -0.39 is 22.6 Å². The van der Waals surface area contributed by atoms with E-state index in [0.29, 0.717) is 0 Å². The van der Waals surface area contributed by atoms with E-state index in [-0.39, 0.29) is 16.9 Å². The second-order valence-electron chi connectivity index (χ2n) is 3.74. The molecule has 20 heavy (non-hydrogen) atoms. The van der Waals surface area contributed by atoms with Crippen molar-refractivity contribution in [1.29, 1.82) is 0 Å². The lowest BCUT2D eigenvalue weighted by Gasteiger charge is -2.06. The maximum Gasteiger partial charge on any atom is 0.271 e. The highest BCUT2D eigenvalue weighted by atomic mass is 19.1. The van der Waals surface area contributed by atoms with Crippen molar-refractivity contribution in [2.75, 3.05) is 5.32 Å². The Morgan fingerprint density at radius 3 is 2.60 bits per heavy atom. The number of rotatable bonds is 3. The average Bonchev–Trinajstić information content (AvgIpc) is 2.41. The Bertz CT molecular complexity index is 674. The quantitative estimate of drug-likeness (QED) is 0.531. The van der Waals surface area contributed by atoms with Crippen LogP contribution in [0.15, 0.2) is 36.5 Å². The first-order valence-electron chi connectivity index (χ1n) is 5.34. The number of nitro groups is 1. The molecule has 8 heteroatoms. The molecule has 0 fully saturated rings. The van der Waals surface area contributed by atoms with Crippen molar-refractivity contribution in [3.8, 4) is 0 Å². The summed E-state index contributed by atoms with van der Waals surface area (Å²) in [6.45, 7) is 0. The number of pyridine rings is 1. The molecule has 0 spiro atoms. The Hall–Kier alpha value is -2.90. The summed E-state index contributed by atoms with van der Waals surface area (Å²) in [6.07, 6.45) is 0.972. The standard InChI is InChI=1S/C12H7F2N3O3/c13-9-3-2-8(17(19)20)5-10(9)16-12(18)7-1-4-11(14)15-6-7/h1-6H,(H,16,18). The summed E-state index contributed by atoms with van der Waals surface area (Å²) < 4.78 is 26.1. The Morgan fingerprint density at radius 1 is 1.25 bits per heavy atom. The second-order valence-corrected chi connectivity index (χ2v) is 3.74. The molecule has 1 amide bonds. The van der Waals surface area contributed by atoms with Crippen LogP contribution in [0.25, 0.3) is 0 Å². The molecule has 0 saturated heterocycles. The largest absolute Gasteiger partial charge is 0.319 e. The van der Waals surface area contributed by atoms with E-state index in [0.717, 1.165) is 36.5 Å². The zero-order valence-corrected chi connectivity index (χ0v) is 9.84. The highest BCUT2D eigenvalue weighted by Gasteiger charge is 2.14. The van der Waals surface area contributed by atoms with Crippen molar-refractivity contribution in [1.82, 2.24) is 4.98 Å². The first-order chi connectivity index (χ1) is 9.47. The number of amides is 1. The minimum Gasteiger partial charge on any atom is -0.319 e. The molecule has 0 unspecified atom stereocenters.